The second-order valence-electron chi connectivity index (χ2n) is 6.31. The maximum absolute atomic E-state index is 12.2. The highest BCUT2D eigenvalue weighted by molar-refractivity contribution is 5.91. The van der Waals surface area contributed by atoms with Crippen molar-refractivity contribution in [3.63, 3.8) is 0 Å². The first-order chi connectivity index (χ1) is 14.8. The Balaban J connectivity index is 1.86. The molecule has 11 heteroatoms. The molecular weight excluding hydrogens is 408 g/mol. The van der Waals surface area contributed by atoms with Gasteiger partial charge in [0.2, 0.25) is 0 Å². The molecule has 0 aliphatic carbocycles. The van der Waals surface area contributed by atoms with Gasteiger partial charge in [-0.2, -0.15) is 0 Å². The zero-order valence-electron chi connectivity index (χ0n) is 16.4. The first-order valence-corrected chi connectivity index (χ1v) is 9.03. The van der Waals surface area contributed by atoms with Gasteiger partial charge in [-0.3, -0.25) is 4.79 Å². The van der Waals surface area contributed by atoms with Crippen molar-refractivity contribution in [1.82, 2.24) is 5.32 Å². The van der Waals surface area contributed by atoms with Crippen molar-refractivity contribution in [3.05, 3.63) is 59.7 Å². The Morgan fingerprint density at radius 3 is 2.23 bits per heavy atom. The second-order valence-corrected chi connectivity index (χ2v) is 6.31. The van der Waals surface area contributed by atoms with Gasteiger partial charge in [0.15, 0.2) is 5.96 Å². The van der Waals surface area contributed by atoms with Crippen molar-refractivity contribution in [2.45, 2.75) is 19.1 Å². The van der Waals surface area contributed by atoms with E-state index in [0.717, 1.165) is 0 Å². The summed E-state index contributed by atoms with van der Waals surface area (Å²) in [4.78, 5) is 38.4. The Hall–Kier alpha value is -4.12. The van der Waals surface area contributed by atoms with Gasteiger partial charge in [0.05, 0.1) is 30.3 Å². The van der Waals surface area contributed by atoms with E-state index in [1.807, 2.05) is 0 Å². The van der Waals surface area contributed by atoms with Crippen LogP contribution in [0.25, 0.3) is 0 Å². The number of aliphatic imine (C=N–C) groups is 1. The molecule has 1 atom stereocenters. The average molecular weight is 430 g/mol. The molecular formula is C20H22N4O7. The number of nitrogens with zero attached hydrogens (tertiary/aromatic N) is 1. The molecule has 0 aliphatic rings. The standard InChI is InChI=1S/C20H22N4O7/c21-19(22)23-14-5-3-13(4-6-14)18(28)31-16-7-1-12(2-8-16)11-30-20(29)24-15(10-25)9-17(26)27/h1-8,15,25H,9-11H2,(H,24,29)(H,26,27)(H4,21,22,23). The summed E-state index contributed by atoms with van der Waals surface area (Å²) in [6.07, 6.45) is -1.29. The molecule has 2 rings (SSSR count). The number of aliphatic hydroxyl groups excluding tert-OH is 1. The number of nitrogens with two attached hydrogens (primary N) is 2. The Morgan fingerprint density at radius 1 is 1.03 bits per heavy atom. The quantitative estimate of drug-likeness (QED) is 0.166. The monoisotopic (exact) mass is 430 g/mol. The highest BCUT2D eigenvalue weighted by Gasteiger charge is 2.16. The number of hydrogen-bond acceptors (Lipinski definition) is 7. The van der Waals surface area contributed by atoms with Gasteiger partial charge < -0.3 is 36.5 Å². The number of alkyl carbamates (subject to hydrolysis) is 1. The van der Waals surface area contributed by atoms with Crippen molar-refractivity contribution in [2.24, 2.45) is 16.5 Å². The molecule has 2 aromatic carbocycles. The van der Waals surface area contributed by atoms with Gasteiger partial charge in [-0.15, -0.1) is 0 Å². The Morgan fingerprint density at radius 2 is 1.68 bits per heavy atom. The number of carbonyl (C=O) groups excluding carboxylic acids is 2. The van der Waals surface area contributed by atoms with Crippen LogP contribution in [0, 0.1) is 0 Å². The number of hydrogen-bond donors (Lipinski definition) is 5. The molecule has 1 amide bonds. The van der Waals surface area contributed by atoms with Gasteiger partial charge in [-0.05, 0) is 42.0 Å². The zero-order chi connectivity index (χ0) is 22.8. The summed E-state index contributed by atoms with van der Waals surface area (Å²) in [6.45, 7) is -0.629. The summed E-state index contributed by atoms with van der Waals surface area (Å²) < 4.78 is 10.3. The van der Waals surface area contributed by atoms with Crippen molar-refractivity contribution < 1.29 is 34.1 Å². The highest BCUT2D eigenvalue weighted by Crippen LogP contribution is 2.17. The molecule has 0 spiro atoms. The van der Waals surface area contributed by atoms with Gasteiger partial charge in [0.1, 0.15) is 12.4 Å². The number of carboxylic acid groups (broad SMARTS) is 1. The van der Waals surface area contributed by atoms with E-state index in [0.29, 0.717) is 16.8 Å². The van der Waals surface area contributed by atoms with E-state index < -0.39 is 37.1 Å². The second kappa shape index (κ2) is 11.2. The largest absolute Gasteiger partial charge is 0.481 e. The molecule has 1 unspecified atom stereocenters. The molecule has 0 saturated carbocycles. The third-order valence-corrected chi connectivity index (χ3v) is 3.83. The maximum atomic E-state index is 12.2. The first kappa shape index (κ1) is 23.2. The van der Waals surface area contributed by atoms with Gasteiger partial charge in [-0.1, -0.05) is 12.1 Å². The predicted molar refractivity (Wildman–Crippen MR) is 110 cm³/mol. The van der Waals surface area contributed by atoms with Crippen molar-refractivity contribution in [2.75, 3.05) is 6.61 Å². The zero-order valence-corrected chi connectivity index (χ0v) is 16.4. The molecule has 11 nitrogen and oxygen atoms in total. The fourth-order valence-corrected chi connectivity index (χ4v) is 2.37. The Kier molecular flexibility index (Phi) is 8.34. The van der Waals surface area contributed by atoms with E-state index in [2.05, 4.69) is 10.3 Å². The molecule has 0 saturated heterocycles. The van der Waals surface area contributed by atoms with Crippen LogP contribution >= 0.6 is 0 Å². The molecule has 0 bridgehead atoms. The molecule has 0 heterocycles. The van der Waals surface area contributed by atoms with E-state index in [1.165, 1.54) is 24.3 Å². The normalized spacial score (nSPS) is 11.1. The number of aliphatic hydroxyl groups is 1. The van der Waals surface area contributed by atoms with Gasteiger partial charge in [0, 0.05) is 0 Å². The molecule has 0 radical (unpaired) electrons. The van der Waals surface area contributed by atoms with Crippen LogP contribution in [0.3, 0.4) is 0 Å². The Bertz CT molecular complexity index is 939. The fourth-order valence-electron chi connectivity index (χ4n) is 2.37. The number of benzene rings is 2. The van der Waals surface area contributed by atoms with Crippen LogP contribution in [-0.4, -0.2) is 46.9 Å². The van der Waals surface area contributed by atoms with E-state index in [4.69, 9.17) is 31.2 Å². The number of carbonyl (C=O) groups is 3. The van der Waals surface area contributed by atoms with E-state index >= 15 is 0 Å². The van der Waals surface area contributed by atoms with Crippen LogP contribution in [0.1, 0.15) is 22.3 Å². The van der Waals surface area contributed by atoms with Gasteiger partial charge in [-0.25, -0.2) is 14.6 Å². The number of carboxylic acids is 1. The summed E-state index contributed by atoms with van der Waals surface area (Å²) in [6, 6.07) is 11.5. The number of aliphatic carboxylic acids is 1. The van der Waals surface area contributed by atoms with Crippen molar-refractivity contribution in [3.8, 4) is 5.75 Å². The maximum Gasteiger partial charge on any atom is 0.407 e. The van der Waals surface area contributed by atoms with Crippen LogP contribution in [0.15, 0.2) is 53.5 Å². The Labute approximate surface area is 177 Å². The summed E-state index contributed by atoms with van der Waals surface area (Å²) in [5.41, 5.74) is 12.0. The number of guanidine groups is 1. The molecule has 0 fully saturated rings. The van der Waals surface area contributed by atoms with E-state index in [9.17, 15) is 14.4 Å². The SMILES string of the molecule is NC(N)=Nc1ccc(C(=O)Oc2ccc(COC(=O)NC(CO)CC(=O)O)cc2)cc1. The minimum absolute atomic E-state index is 0.0923. The third kappa shape index (κ3) is 8.03. The summed E-state index contributed by atoms with van der Waals surface area (Å²) in [5, 5.41) is 20.0. The lowest BCUT2D eigenvalue weighted by Crippen LogP contribution is -2.39. The van der Waals surface area contributed by atoms with Crippen molar-refractivity contribution in [1.29, 1.82) is 0 Å². The molecule has 0 aliphatic heterocycles. The number of esters is 1. The van der Waals surface area contributed by atoms with Crippen LogP contribution in [-0.2, 0) is 16.1 Å². The van der Waals surface area contributed by atoms with Crippen LogP contribution in [0.4, 0.5) is 10.5 Å². The summed E-state index contributed by atoms with van der Waals surface area (Å²) in [7, 11) is 0. The topological polar surface area (TPSA) is 187 Å². The molecule has 2 aromatic rings. The fraction of sp³-hybridized carbons (Fsp3) is 0.200. The van der Waals surface area contributed by atoms with Crippen molar-refractivity contribution >= 4 is 29.7 Å². The van der Waals surface area contributed by atoms with E-state index in [-0.39, 0.29) is 18.3 Å². The minimum atomic E-state index is -1.16. The van der Waals surface area contributed by atoms with Crippen LogP contribution in [0.5, 0.6) is 5.75 Å². The third-order valence-electron chi connectivity index (χ3n) is 3.83. The molecule has 0 aromatic heterocycles. The highest BCUT2D eigenvalue weighted by atomic mass is 16.5. The van der Waals surface area contributed by atoms with E-state index in [1.54, 1.807) is 24.3 Å². The minimum Gasteiger partial charge on any atom is -0.481 e. The lowest BCUT2D eigenvalue weighted by molar-refractivity contribution is -0.137. The first-order valence-electron chi connectivity index (χ1n) is 9.03. The number of ether oxygens (including phenoxy) is 2. The van der Waals surface area contributed by atoms with Crippen LogP contribution < -0.4 is 21.5 Å². The average Bonchev–Trinajstić information content (AvgIpc) is 2.72. The van der Waals surface area contributed by atoms with Gasteiger partial charge in [0.25, 0.3) is 0 Å². The lowest BCUT2D eigenvalue weighted by atomic mass is 10.2. The van der Waals surface area contributed by atoms with Crippen LogP contribution in [0.2, 0.25) is 0 Å². The predicted octanol–water partition coefficient (Wildman–Crippen LogP) is 0.873. The lowest BCUT2D eigenvalue weighted by Gasteiger charge is -2.14. The number of amides is 1. The number of rotatable bonds is 9. The summed E-state index contributed by atoms with van der Waals surface area (Å²) >= 11 is 0. The smallest absolute Gasteiger partial charge is 0.407 e. The molecule has 7 N–H and O–H groups in total. The number of nitrogens with one attached hydrogen (secondary N) is 1. The van der Waals surface area contributed by atoms with Gasteiger partial charge >= 0.3 is 18.0 Å². The molecule has 31 heavy (non-hydrogen) atoms. The summed E-state index contributed by atoms with van der Waals surface area (Å²) in [5.74, 6) is -1.54. The molecule has 164 valence electrons.